The number of likely N-dealkylation sites (N-methyl/N-ethyl adjacent to an activating group) is 1. The third kappa shape index (κ3) is 5.62. The first-order valence-electron chi connectivity index (χ1n) is 8.20. The predicted molar refractivity (Wildman–Crippen MR) is 90.7 cm³/mol. The molecule has 1 N–H and O–H groups in total. The molecule has 0 unspecified atom stereocenters. The monoisotopic (exact) mass is 334 g/mol. The van der Waals surface area contributed by atoms with Crippen LogP contribution in [-0.4, -0.2) is 62.8 Å². The molecule has 0 aromatic heterocycles. The smallest absolute Gasteiger partial charge is 0.248 e. The van der Waals surface area contributed by atoms with Gasteiger partial charge in [-0.3, -0.25) is 9.59 Å². The zero-order valence-corrected chi connectivity index (χ0v) is 14.6. The Morgan fingerprint density at radius 1 is 1.29 bits per heavy atom. The second kappa shape index (κ2) is 8.80. The highest BCUT2D eigenvalue weighted by molar-refractivity contribution is 5.79. The van der Waals surface area contributed by atoms with Crippen LogP contribution >= 0.6 is 0 Å². The van der Waals surface area contributed by atoms with Gasteiger partial charge in [-0.25, -0.2) is 0 Å². The van der Waals surface area contributed by atoms with Gasteiger partial charge in [0.15, 0.2) is 0 Å². The van der Waals surface area contributed by atoms with Crippen molar-refractivity contribution in [2.75, 3.05) is 33.9 Å². The van der Waals surface area contributed by atoms with E-state index < -0.39 is 0 Å². The van der Waals surface area contributed by atoms with Gasteiger partial charge in [-0.1, -0.05) is 29.8 Å². The molecule has 1 aromatic carbocycles. The van der Waals surface area contributed by atoms with Crippen LogP contribution in [0.5, 0.6) is 0 Å². The molecule has 0 bridgehead atoms. The molecule has 6 nitrogen and oxygen atoms in total. The number of benzene rings is 1. The average Bonchev–Trinajstić information content (AvgIpc) is 2.55. The van der Waals surface area contributed by atoms with Crippen LogP contribution in [0.1, 0.15) is 17.5 Å². The van der Waals surface area contributed by atoms with E-state index in [0.717, 1.165) is 5.56 Å². The lowest BCUT2D eigenvalue weighted by Gasteiger charge is -2.32. The summed E-state index contributed by atoms with van der Waals surface area (Å²) in [6.07, 6.45) is 0.714. The Balaban J connectivity index is 1.86. The number of amides is 2. The maximum atomic E-state index is 12.3. The lowest BCUT2D eigenvalue weighted by Crippen LogP contribution is -2.51. The van der Waals surface area contributed by atoms with E-state index in [0.29, 0.717) is 26.1 Å². The van der Waals surface area contributed by atoms with Crippen LogP contribution in [0.15, 0.2) is 24.3 Å². The number of ether oxygens (including phenoxy) is 2. The molecule has 132 valence electrons. The zero-order chi connectivity index (χ0) is 17.5. The van der Waals surface area contributed by atoms with E-state index >= 15 is 0 Å². The van der Waals surface area contributed by atoms with Crippen molar-refractivity contribution in [3.8, 4) is 0 Å². The fourth-order valence-electron chi connectivity index (χ4n) is 2.50. The minimum absolute atomic E-state index is 0.00857. The van der Waals surface area contributed by atoms with E-state index in [1.807, 2.05) is 31.2 Å². The van der Waals surface area contributed by atoms with Gasteiger partial charge in [-0.05, 0) is 18.9 Å². The molecule has 0 saturated carbocycles. The molecular formula is C18H26N2O4. The summed E-state index contributed by atoms with van der Waals surface area (Å²) >= 11 is 0. The van der Waals surface area contributed by atoms with Crippen LogP contribution in [-0.2, 0) is 25.5 Å². The lowest BCUT2D eigenvalue weighted by molar-refractivity contribution is -0.141. The first-order chi connectivity index (χ1) is 11.5. The van der Waals surface area contributed by atoms with Gasteiger partial charge in [0, 0.05) is 20.7 Å². The molecule has 1 aliphatic heterocycles. The first kappa shape index (κ1) is 18.4. The van der Waals surface area contributed by atoms with Gasteiger partial charge in [0.25, 0.3) is 0 Å². The SMILES string of the molecule is Cc1ccc(CC(=O)N[C@@H]2CCOC[C@H]2OCC(=O)N(C)C)cc1. The van der Waals surface area contributed by atoms with Gasteiger partial charge in [0.2, 0.25) is 11.8 Å². The normalized spacial score (nSPS) is 20.5. The summed E-state index contributed by atoms with van der Waals surface area (Å²) in [5, 5.41) is 3.02. The van der Waals surface area contributed by atoms with Gasteiger partial charge < -0.3 is 19.7 Å². The number of hydrogen-bond acceptors (Lipinski definition) is 4. The highest BCUT2D eigenvalue weighted by Crippen LogP contribution is 2.12. The highest BCUT2D eigenvalue weighted by atomic mass is 16.5. The summed E-state index contributed by atoms with van der Waals surface area (Å²) in [6, 6.07) is 7.78. The first-order valence-corrected chi connectivity index (χ1v) is 8.20. The predicted octanol–water partition coefficient (Wildman–Crippen LogP) is 0.916. The highest BCUT2D eigenvalue weighted by Gasteiger charge is 2.28. The Kier molecular flexibility index (Phi) is 6.75. The van der Waals surface area contributed by atoms with Crippen LogP contribution < -0.4 is 5.32 Å². The number of aryl methyl sites for hydroxylation is 1. The number of carbonyl (C=O) groups is 2. The lowest BCUT2D eigenvalue weighted by atomic mass is 10.0. The number of nitrogens with one attached hydrogen (secondary N) is 1. The van der Waals surface area contributed by atoms with E-state index in [4.69, 9.17) is 9.47 Å². The van der Waals surface area contributed by atoms with Gasteiger partial charge in [-0.2, -0.15) is 0 Å². The van der Waals surface area contributed by atoms with E-state index in [-0.39, 0.29) is 30.6 Å². The van der Waals surface area contributed by atoms with Gasteiger partial charge in [0.1, 0.15) is 12.7 Å². The molecule has 0 radical (unpaired) electrons. The maximum absolute atomic E-state index is 12.3. The van der Waals surface area contributed by atoms with Crippen molar-refractivity contribution >= 4 is 11.8 Å². The van der Waals surface area contributed by atoms with E-state index in [1.165, 1.54) is 10.5 Å². The van der Waals surface area contributed by atoms with E-state index in [2.05, 4.69) is 5.32 Å². The summed E-state index contributed by atoms with van der Waals surface area (Å²) < 4.78 is 11.1. The molecule has 1 fully saturated rings. The zero-order valence-electron chi connectivity index (χ0n) is 14.6. The van der Waals surface area contributed by atoms with Crippen molar-refractivity contribution in [2.45, 2.75) is 31.9 Å². The summed E-state index contributed by atoms with van der Waals surface area (Å²) in [6.45, 7) is 2.97. The number of hydrogen-bond donors (Lipinski definition) is 1. The largest absolute Gasteiger partial charge is 0.379 e. The van der Waals surface area contributed by atoms with Gasteiger partial charge >= 0.3 is 0 Å². The molecule has 2 amide bonds. The Morgan fingerprint density at radius 2 is 2.00 bits per heavy atom. The third-order valence-corrected chi connectivity index (χ3v) is 4.06. The summed E-state index contributed by atoms with van der Waals surface area (Å²) in [4.78, 5) is 25.4. The molecule has 2 rings (SSSR count). The Labute approximate surface area is 143 Å². The molecule has 1 aromatic rings. The van der Waals surface area contributed by atoms with Crippen molar-refractivity contribution in [1.29, 1.82) is 0 Å². The van der Waals surface area contributed by atoms with Crippen LogP contribution in [0.2, 0.25) is 0 Å². The molecule has 0 spiro atoms. The minimum atomic E-state index is -0.301. The summed E-state index contributed by atoms with van der Waals surface area (Å²) in [5.74, 6) is -0.149. The van der Waals surface area contributed by atoms with Crippen molar-refractivity contribution < 1.29 is 19.1 Å². The molecule has 1 heterocycles. The summed E-state index contributed by atoms with van der Waals surface area (Å²) in [7, 11) is 3.37. The quantitative estimate of drug-likeness (QED) is 0.840. The second-order valence-electron chi connectivity index (χ2n) is 6.34. The Hall–Kier alpha value is -1.92. The minimum Gasteiger partial charge on any atom is -0.379 e. The van der Waals surface area contributed by atoms with Crippen molar-refractivity contribution in [2.24, 2.45) is 0 Å². The van der Waals surface area contributed by atoms with Crippen molar-refractivity contribution in [3.63, 3.8) is 0 Å². The maximum Gasteiger partial charge on any atom is 0.248 e. The number of carbonyl (C=O) groups excluding carboxylic acids is 2. The molecule has 24 heavy (non-hydrogen) atoms. The van der Waals surface area contributed by atoms with Crippen molar-refractivity contribution in [1.82, 2.24) is 10.2 Å². The second-order valence-corrected chi connectivity index (χ2v) is 6.34. The molecule has 2 atom stereocenters. The average molecular weight is 334 g/mol. The van der Waals surface area contributed by atoms with E-state index in [1.54, 1.807) is 14.1 Å². The fourth-order valence-corrected chi connectivity index (χ4v) is 2.50. The Morgan fingerprint density at radius 3 is 2.67 bits per heavy atom. The Bertz CT molecular complexity index is 557. The molecule has 6 heteroatoms. The summed E-state index contributed by atoms with van der Waals surface area (Å²) in [5.41, 5.74) is 2.15. The number of rotatable bonds is 6. The van der Waals surface area contributed by atoms with E-state index in [9.17, 15) is 9.59 Å². The van der Waals surface area contributed by atoms with Crippen LogP contribution in [0, 0.1) is 6.92 Å². The van der Waals surface area contributed by atoms with Crippen molar-refractivity contribution in [3.05, 3.63) is 35.4 Å². The standard InChI is InChI=1S/C18H26N2O4/c1-13-4-6-14(7-5-13)10-17(21)19-15-8-9-23-11-16(15)24-12-18(22)20(2)3/h4-7,15-16H,8-12H2,1-3H3,(H,19,21)/t15-,16-/m1/s1. The van der Waals surface area contributed by atoms with Crippen LogP contribution in [0.25, 0.3) is 0 Å². The topological polar surface area (TPSA) is 67.9 Å². The molecule has 0 aliphatic carbocycles. The van der Waals surface area contributed by atoms with Crippen LogP contribution in [0.4, 0.5) is 0 Å². The number of nitrogens with zero attached hydrogens (tertiary/aromatic N) is 1. The van der Waals surface area contributed by atoms with Gasteiger partial charge in [0.05, 0.1) is 19.1 Å². The van der Waals surface area contributed by atoms with Gasteiger partial charge in [-0.15, -0.1) is 0 Å². The molecule has 1 saturated heterocycles. The molecule has 1 aliphatic rings. The molecular weight excluding hydrogens is 308 g/mol. The van der Waals surface area contributed by atoms with Crippen LogP contribution in [0.3, 0.4) is 0 Å². The third-order valence-electron chi connectivity index (χ3n) is 4.06. The fraction of sp³-hybridized carbons (Fsp3) is 0.556.